The molecule has 0 radical (unpaired) electrons. The predicted octanol–water partition coefficient (Wildman–Crippen LogP) is 3.43. The van der Waals surface area contributed by atoms with Gasteiger partial charge in [0.05, 0.1) is 0 Å². The molecule has 0 nitrogen and oxygen atoms in total. The lowest BCUT2D eigenvalue weighted by Gasteiger charge is -2.15. The lowest BCUT2D eigenvalue weighted by Crippen LogP contribution is -2.19. The Bertz CT molecular complexity index is 139. The van der Waals surface area contributed by atoms with Crippen LogP contribution in [0.2, 0.25) is 25.7 Å². The molecule has 0 saturated heterocycles. The zero-order valence-electron chi connectivity index (χ0n) is 7.41. The molecule has 1 rings (SSSR count). The standard InChI is InChI=1S/C9H18Si/c1-10(2,3)8-9-6-4-5-7-9/h6H,4-5,7-8H2,1-3H3. The zero-order chi connectivity index (χ0) is 7.61. The quantitative estimate of drug-likeness (QED) is 0.422. The summed E-state index contributed by atoms with van der Waals surface area (Å²) < 4.78 is 0. The van der Waals surface area contributed by atoms with Crippen LogP contribution in [0, 0.1) is 0 Å². The van der Waals surface area contributed by atoms with Gasteiger partial charge in [-0.25, -0.2) is 0 Å². The lowest BCUT2D eigenvalue weighted by atomic mass is 10.3. The Morgan fingerprint density at radius 3 is 2.50 bits per heavy atom. The Balaban J connectivity index is 2.38. The molecule has 0 aromatic rings. The molecule has 0 saturated carbocycles. The SMILES string of the molecule is C[Si](C)(C)CC1=CCCC1. The summed E-state index contributed by atoms with van der Waals surface area (Å²) in [6.07, 6.45) is 6.61. The van der Waals surface area contributed by atoms with E-state index < -0.39 is 8.07 Å². The summed E-state index contributed by atoms with van der Waals surface area (Å²) in [7, 11) is -0.791. The lowest BCUT2D eigenvalue weighted by molar-refractivity contribution is 0.904. The highest BCUT2D eigenvalue weighted by Gasteiger charge is 2.16. The molecule has 0 heterocycles. The smallest absolute Gasteiger partial charge is 0.0483 e. The van der Waals surface area contributed by atoms with E-state index in [0.717, 1.165) is 0 Å². The predicted molar refractivity (Wildman–Crippen MR) is 50.1 cm³/mol. The van der Waals surface area contributed by atoms with Crippen molar-refractivity contribution in [2.24, 2.45) is 0 Å². The van der Waals surface area contributed by atoms with Gasteiger partial charge in [0.1, 0.15) is 0 Å². The molecule has 0 atom stereocenters. The Labute approximate surface area is 65.3 Å². The molecule has 0 fully saturated rings. The van der Waals surface area contributed by atoms with Crippen LogP contribution in [0.1, 0.15) is 19.3 Å². The molecule has 1 heteroatoms. The monoisotopic (exact) mass is 154 g/mol. The second-order valence-electron chi connectivity index (χ2n) is 4.49. The van der Waals surface area contributed by atoms with E-state index in [9.17, 15) is 0 Å². The van der Waals surface area contributed by atoms with E-state index in [0.29, 0.717) is 0 Å². The maximum Gasteiger partial charge on any atom is 0.0483 e. The summed E-state index contributed by atoms with van der Waals surface area (Å²) in [4.78, 5) is 0. The van der Waals surface area contributed by atoms with E-state index in [1.165, 1.54) is 25.3 Å². The fraction of sp³-hybridized carbons (Fsp3) is 0.778. The average Bonchev–Trinajstić information content (AvgIpc) is 2.12. The van der Waals surface area contributed by atoms with Crippen LogP contribution in [0.25, 0.3) is 0 Å². The summed E-state index contributed by atoms with van der Waals surface area (Å²) in [5, 5.41) is 0. The van der Waals surface area contributed by atoms with Gasteiger partial charge in [-0.1, -0.05) is 31.3 Å². The molecular weight excluding hydrogens is 136 g/mol. The third kappa shape index (κ3) is 2.69. The van der Waals surface area contributed by atoms with Gasteiger partial charge in [0, 0.05) is 8.07 Å². The van der Waals surface area contributed by atoms with Crippen molar-refractivity contribution in [3.05, 3.63) is 11.6 Å². The first kappa shape index (κ1) is 8.06. The van der Waals surface area contributed by atoms with Gasteiger partial charge in [0.25, 0.3) is 0 Å². The molecule has 0 bridgehead atoms. The minimum absolute atomic E-state index is 0.791. The number of hydrogen-bond acceptors (Lipinski definition) is 0. The van der Waals surface area contributed by atoms with Gasteiger partial charge in [0.2, 0.25) is 0 Å². The van der Waals surface area contributed by atoms with E-state index in [1.54, 1.807) is 5.57 Å². The van der Waals surface area contributed by atoms with Crippen LogP contribution >= 0.6 is 0 Å². The van der Waals surface area contributed by atoms with Crippen LogP contribution < -0.4 is 0 Å². The second kappa shape index (κ2) is 2.91. The third-order valence-electron chi connectivity index (χ3n) is 1.89. The first-order valence-electron chi connectivity index (χ1n) is 4.26. The second-order valence-corrected chi connectivity index (χ2v) is 9.97. The summed E-state index contributed by atoms with van der Waals surface area (Å²) in [6, 6.07) is 1.44. The summed E-state index contributed by atoms with van der Waals surface area (Å²) in [5.41, 5.74) is 1.75. The topological polar surface area (TPSA) is 0 Å². The van der Waals surface area contributed by atoms with Crippen LogP contribution in [0.4, 0.5) is 0 Å². The Morgan fingerprint density at radius 2 is 2.10 bits per heavy atom. The van der Waals surface area contributed by atoms with Gasteiger partial charge in [-0.3, -0.25) is 0 Å². The van der Waals surface area contributed by atoms with Crippen molar-refractivity contribution in [1.82, 2.24) is 0 Å². The summed E-state index contributed by atoms with van der Waals surface area (Å²) >= 11 is 0. The van der Waals surface area contributed by atoms with Gasteiger partial charge in [-0.05, 0) is 25.3 Å². The molecule has 0 aliphatic heterocycles. The van der Waals surface area contributed by atoms with E-state index in [2.05, 4.69) is 25.7 Å². The number of rotatable bonds is 2. The van der Waals surface area contributed by atoms with Crippen molar-refractivity contribution in [3.8, 4) is 0 Å². The molecule has 0 aromatic heterocycles. The van der Waals surface area contributed by atoms with E-state index >= 15 is 0 Å². The highest BCUT2D eigenvalue weighted by molar-refractivity contribution is 6.76. The van der Waals surface area contributed by atoms with E-state index in [4.69, 9.17) is 0 Å². The van der Waals surface area contributed by atoms with Crippen molar-refractivity contribution in [2.45, 2.75) is 44.9 Å². The van der Waals surface area contributed by atoms with Gasteiger partial charge in [-0.15, -0.1) is 0 Å². The number of allylic oxidation sites excluding steroid dienone is 2. The van der Waals surface area contributed by atoms with Crippen molar-refractivity contribution in [3.63, 3.8) is 0 Å². The fourth-order valence-electron chi connectivity index (χ4n) is 1.58. The minimum Gasteiger partial charge on any atom is -0.0856 e. The minimum atomic E-state index is -0.791. The molecule has 0 N–H and O–H groups in total. The maximum absolute atomic E-state index is 2.46. The first-order valence-corrected chi connectivity index (χ1v) is 7.96. The van der Waals surface area contributed by atoms with Gasteiger partial charge >= 0.3 is 0 Å². The van der Waals surface area contributed by atoms with Gasteiger partial charge < -0.3 is 0 Å². The molecule has 1 aliphatic carbocycles. The Kier molecular flexibility index (Phi) is 2.35. The van der Waals surface area contributed by atoms with E-state index in [1.807, 2.05) is 0 Å². The molecule has 0 spiro atoms. The van der Waals surface area contributed by atoms with Gasteiger partial charge in [0.15, 0.2) is 0 Å². The highest BCUT2D eigenvalue weighted by atomic mass is 28.3. The highest BCUT2D eigenvalue weighted by Crippen LogP contribution is 2.26. The van der Waals surface area contributed by atoms with Crippen LogP contribution in [0.3, 0.4) is 0 Å². The summed E-state index contributed by atoms with van der Waals surface area (Å²) in [6.45, 7) is 7.35. The Hall–Kier alpha value is -0.0431. The molecule has 0 amide bonds. The van der Waals surface area contributed by atoms with Crippen LogP contribution in [0.5, 0.6) is 0 Å². The molecule has 10 heavy (non-hydrogen) atoms. The van der Waals surface area contributed by atoms with Crippen molar-refractivity contribution < 1.29 is 0 Å². The molecule has 0 aromatic carbocycles. The van der Waals surface area contributed by atoms with E-state index in [-0.39, 0.29) is 0 Å². The first-order chi connectivity index (χ1) is 4.58. The van der Waals surface area contributed by atoms with Crippen LogP contribution in [-0.4, -0.2) is 8.07 Å². The van der Waals surface area contributed by atoms with Crippen molar-refractivity contribution in [1.29, 1.82) is 0 Å². The normalized spacial score (nSPS) is 19.3. The molecule has 58 valence electrons. The fourth-order valence-corrected chi connectivity index (χ4v) is 3.26. The van der Waals surface area contributed by atoms with Crippen molar-refractivity contribution in [2.75, 3.05) is 0 Å². The van der Waals surface area contributed by atoms with Gasteiger partial charge in [-0.2, -0.15) is 0 Å². The summed E-state index contributed by atoms with van der Waals surface area (Å²) in [5.74, 6) is 0. The number of hydrogen-bond donors (Lipinski definition) is 0. The maximum atomic E-state index is 2.46. The third-order valence-corrected chi connectivity index (χ3v) is 3.41. The molecule has 0 unspecified atom stereocenters. The molecular formula is C9H18Si. The van der Waals surface area contributed by atoms with Crippen molar-refractivity contribution >= 4 is 8.07 Å². The van der Waals surface area contributed by atoms with Crippen LogP contribution in [0.15, 0.2) is 11.6 Å². The Morgan fingerprint density at radius 1 is 1.40 bits per heavy atom. The average molecular weight is 154 g/mol. The molecule has 1 aliphatic rings. The largest absolute Gasteiger partial charge is 0.0856 e. The zero-order valence-corrected chi connectivity index (χ0v) is 8.41. The van der Waals surface area contributed by atoms with Crippen LogP contribution in [-0.2, 0) is 0 Å².